The van der Waals surface area contributed by atoms with E-state index in [1.807, 2.05) is 18.2 Å². The second-order valence-corrected chi connectivity index (χ2v) is 8.58. The minimum Gasteiger partial charge on any atom is -0.395 e. The molecule has 2 aliphatic rings. The van der Waals surface area contributed by atoms with Crippen molar-refractivity contribution in [2.24, 2.45) is 5.73 Å². The molecule has 176 valence electrons. The largest absolute Gasteiger partial charge is 0.395 e. The van der Waals surface area contributed by atoms with Crippen LogP contribution in [-0.2, 0) is 14.9 Å². The summed E-state index contributed by atoms with van der Waals surface area (Å²) in [6.07, 6.45) is 1.52. The van der Waals surface area contributed by atoms with Gasteiger partial charge in [-0.15, -0.1) is 0 Å². The fourth-order valence-electron chi connectivity index (χ4n) is 4.15. The maximum Gasteiger partial charge on any atom is 0.319 e. The molecule has 1 saturated carbocycles. The van der Waals surface area contributed by atoms with Crippen LogP contribution in [0.4, 0.5) is 16.3 Å². The number of morpholine rings is 1. The van der Waals surface area contributed by atoms with Gasteiger partial charge >= 0.3 is 6.03 Å². The van der Waals surface area contributed by atoms with Crippen molar-refractivity contribution in [2.45, 2.75) is 18.3 Å². The first-order chi connectivity index (χ1) is 15.9. The fourth-order valence-corrected chi connectivity index (χ4v) is 4.15. The Morgan fingerprint density at radius 3 is 2.36 bits per heavy atom. The maximum atomic E-state index is 13.0. The van der Waals surface area contributed by atoms with E-state index in [1.54, 1.807) is 31.1 Å². The summed E-state index contributed by atoms with van der Waals surface area (Å²) in [5.41, 5.74) is 6.90. The van der Waals surface area contributed by atoms with Crippen LogP contribution in [0.15, 0.2) is 30.3 Å². The van der Waals surface area contributed by atoms with Crippen molar-refractivity contribution in [1.29, 1.82) is 0 Å². The predicted octanol–water partition coefficient (Wildman–Crippen LogP) is 0.977. The number of hydrogen-bond acceptors (Lipinski definition) is 7. The fraction of sp³-hybridized carbons (Fsp3) is 0.478. The van der Waals surface area contributed by atoms with Gasteiger partial charge in [-0.3, -0.25) is 9.69 Å². The number of nitrogens with two attached hydrogens (primary N) is 1. The van der Waals surface area contributed by atoms with E-state index in [1.165, 1.54) is 4.90 Å². The third kappa shape index (κ3) is 4.62. The zero-order chi connectivity index (χ0) is 23.6. The van der Waals surface area contributed by atoms with Gasteiger partial charge in [0.05, 0.1) is 37.5 Å². The summed E-state index contributed by atoms with van der Waals surface area (Å²) in [4.78, 5) is 39.4. The zero-order valence-corrected chi connectivity index (χ0v) is 19.0. The van der Waals surface area contributed by atoms with E-state index in [9.17, 15) is 14.7 Å². The highest BCUT2D eigenvalue weighted by molar-refractivity contribution is 5.91. The Hall–Kier alpha value is -3.24. The molecule has 10 heteroatoms. The van der Waals surface area contributed by atoms with Crippen molar-refractivity contribution in [3.8, 4) is 11.4 Å². The number of aliphatic hydroxyl groups is 1. The van der Waals surface area contributed by atoms with E-state index in [0.717, 1.165) is 43.0 Å². The first kappa shape index (κ1) is 22.9. The molecule has 0 atom stereocenters. The van der Waals surface area contributed by atoms with Gasteiger partial charge in [0, 0.05) is 44.5 Å². The van der Waals surface area contributed by atoms with Crippen molar-refractivity contribution in [3.05, 3.63) is 36.0 Å². The SMILES string of the molecule is CN(C)C(=O)C1(c2cc(N3CCOCC3)nc(-c3ccc(N(CCO)C(N)=O)cc3)n2)CC1. The molecule has 1 aliphatic carbocycles. The van der Waals surface area contributed by atoms with Crippen LogP contribution in [0.1, 0.15) is 18.5 Å². The van der Waals surface area contributed by atoms with Crippen molar-refractivity contribution >= 4 is 23.4 Å². The van der Waals surface area contributed by atoms with Crippen LogP contribution in [0.3, 0.4) is 0 Å². The highest BCUT2D eigenvalue weighted by atomic mass is 16.5. The molecule has 1 aliphatic heterocycles. The number of ether oxygens (including phenoxy) is 1. The van der Waals surface area contributed by atoms with E-state index < -0.39 is 11.4 Å². The summed E-state index contributed by atoms with van der Waals surface area (Å²) in [7, 11) is 3.53. The summed E-state index contributed by atoms with van der Waals surface area (Å²) < 4.78 is 5.48. The van der Waals surface area contributed by atoms with Crippen LogP contribution in [0.25, 0.3) is 11.4 Å². The average Bonchev–Trinajstić information content (AvgIpc) is 3.64. The Balaban J connectivity index is 1.73. The number of carbonyl (C=O) groups excluding carboxylic acids is 2. The van der Waals surface area contributed by atoms with E-state index in [-0.39, 0.29) is 19.1 Å². The van der Waals surface area contributed by atoms with Crippen LogP contribution in [0.5, 0.6) is 0 Å². The molecular formula is C23H30N6O4. The molecule has 1 aromatic carbocycles. The average molecular weight is 455 g/mol. The normalized spacial score (nSPS) is 16.9. The zero-order valence-electron chi connectivity index (χ0n) is 19.0. The number of hydrogen-bond donors (Lipinski definition) is 2. The molecule has 3 N–H and O–H groups in total. The molecule has 0 radical (unpaired) electrons. The molecule has 4 rings (SSSR count). The van der Waals surface area contributed by atoms with Crippen LogP contribution >= 0.6 is 0 Å². The predicted molar refractivity (Wildman–Crippen MR) is 124 cm³/mol. The molecule has 3 amide bonds. The molecule has 2 fully saturated rings. The number of benzene rings is 1. The van der Waals surface area contributed by atoms with Gasteiger partial charge in [-0.1, -0.05) is 0 Å². The van der Waals surface area contributed by atoms with Gasteiger partial charge in [0.15, 0.2) is 5.82 Å². The van der Waals surface area contributed by atoms with E-state index >= 15 is 0 Å². The Labute approximate surface area is 193 Å². The number of anilines is 2. The van der Waals surface area contributed by atoms with Gasteiger partial charge < -0.3 is 25.4 Å². The Morgan fingerprint density at radius 2 is 1.82 bits per heavy atom. The Kier molecular flexibility index (Phi) is 6.48. The molecule has 2 aromatic rings. The van der Waals surface area contributed by atoms with Gasteiger partial charge in [-0.25, -0.2) is 14.8 Å². The molecule has 0 spiro atoms. The summed E-state index contributed by atoms with van der Waals surface area (Å²) in [6, 6.07) is 8.43. The minimum atomic E-state index is -0.637. The first-order valence-electron chi connectivity index (χ1n) is 11.1. The highest BCUT2D eigenvalue weighted by Gasteiger charge is 2.53. The van der Waals surface area contributed by atoms with Crippen molar-refractivity contribution in [1.82, 2.24) is 14.9 Å². The number of aliphatic hydroxyl groups excluding tert-OH is 1. The van der Waals surface area contributed by atoms with Crippen LogP contribution in [0.2, 0.25) is 0 Å². The molecule has 0 bridgehead atoms. The van der Waals surface area contributed by atoms with Gasteiger partial charge in [-0.2, -0.15) is 0 Å². The summed E-state index contributed by atoms with van der Waals surface area (Å²) in [6.45, 7) is 2.60. The quantitative estimate of drug-likeness (QED) is 0.639. The smallest absolute Gasteiger partial charge is 0.319 e. The first-order valence-corrected chi connectivity index (χ1v) is 11.1. The third-order valence-electron chi connectivity index (χ3n) is 6.13. The van der Waals surface area contributed by atoms with Crippen LogP contribution in [-0.4, -0.2) is 85.5 Å². The molecule has 33 heavy (non-hydrogen) atoms. The Morgan fingerprint density at radius 1 is 1.15 bits per heavy atom. The molecule has 10 nitrogen and oxygen atoms in total. The topological polar surface area (TPSA) is 125 Å². The monoisotopic (exact) mass is 454 g/mol. The molecular weight excluding hydrogens is 424 g/mol. The lowest BCUT2D eigenvalue weighted by atomic mass is 9.99. The number of aromatic nitrogens is 2. The minimum absolute atomic E-state index is 0.0523. The number of likely N-dealkylation sites (N-methyl/N-ethyl adjacent to an activating group) is 1. The number of rotatable bonds is 7. The maximum absolute atomic E-state index is 13.0. The number of primary amides is 1. The highest BCUT2D eigenvalue weighted by Crippen LogP contribution is 2.49. The van der Waals surface area contributed by atoms with Crippen molar-refractivity contribution in [2.75, 3.05) is 63.4 Å². The lowest BCUT2D eigenvalue weighted by Crippen LogP contribution is -2.38. The van der Waals surface area contributed by atoms with Crippen molar-refractivity contribution in [3.63, 3.8) is 0 Å². The second-order valence-electron chi connectivity index (χ2n) is 8.58. The second kappa shape index (κ2) is 9.32. The molecule has 1 saturated heterocycles. The number of amides is 3. The standard InChI is InChI=1S/C23H30N6O4/c1-27(2)21(31)23(7-8-23)18-15-19(28-10-13-33-14-11-28)26-20(25-18)16-3-5-17(6-4-16)29(9-12-30)22(24)32/h3-6,15,30H,7-14H2,1-2H3,(H2,24,32). The van der Waals surface area contributed by atoms with Gasteiger partial charge in [0.1, 0.15) is 5.82 Å². The summed E-state index contributed by atoms with van der Waals surface area (Å²) >= 11 is 0. The molecule has 1 aromatic heterocycles. The van der Waals surface area contributed by atoms with Gasteiger partial charge in [-0.05, 0) is 37.1 Å². The van der Waals surface area contributed by atoms with E-state index in [4.69, 9.17) is 20.4 Å². The van der Waals surface area contributed by atoms with E-state index in [0.29, 0.717) is 24.7 Å². The lowest BCUT2D eigenvalue weighted by molar-refractivity contribution is -0.131. The van der Waals surface area contributed by atoms with Crippen molar-refractivity contribution < 1.29 is 19.4 Å². The van der Waals surface area contributed by atoms with E-state index in [2.05, 4.69) is 4.90 Å². The molecule has 2 heterocycles. The number of nitrogens with zero attached hydrogens (tertiary/aromatic N) is 5. The van der Waals surface area contributed by atoms with Gasteiger partial charge in [0.2, 0.25) is 5.91 Å². The van der Waals surface area contributed by atoms with Crippen LogP contribution in [0, 0.1) is 0 Å². The number of carbonyl (C=O) groups is 2. The Bertz CT molecular complexity index is 1020. The van der Waals surface area contributed by atoms with Crippen LogP contribution < -0.4 is 15.5 Å². The third-order valence-corrected chi connectivity index (χ3v) is 6.13. The summed E-state index contributed by atoms with van der Waals surface area (Å²) in [5.74, 6) is 1.35. The summed E-state index contributed by atoms with van der Waals surface area (Å²) in [5, 5.41) is 9.22. The van der Waals surface area contributed by atoms with Gasteiger partial charge in [0.25, 0.3) is 0 Å². The lowest BCUT2D eigenvalue weighted by Gasteiger charge is -2.29. The number of urea groups is 1. The molecule has 0 unspecified atom stereocenters.